The molecule has 1 rings (SSSR count). The van der Waals surface area contributed by atoms with Gasteiger partial charge in [0, 0.05) is 13.7 Å². The molecule has 0 unspecified atom stereocenters. The SMILES string of the molecule is C=CCO[C@@H]1CN(C(=O)OC(C)(C)C)CC[C@@H]1OC. The van der Waals surface area contributed by atoms with Crippen LogP contribution in [0.2, 0.25) is 0 Å². The zero-order valence-corrected chi connectivity index (χ0v) is 12.3. The van der Waals surface area contributed by atoms with Crippen molar-refractivity contribution in [2.75, 3.05) is 26.8 Å². The average Bonchev–Trinajstić information content (AvgIpc) is 2.33. The second-order valence-corrected chi connectivity index (χ2v) is 5.65. The number of likely N-dealkylation sites (tertiary alicyclic amines) is 1. The fourth-order valence-corrected chi connectivity index (χ4v) is 2.01. The van der Waals surface area contributed by atoms with Crippen molar-refractivity contribution < 1.29 is 19.0 Å². The normalized spacial score (nSPS) is 24.1. The van der Waals surface area contributed by atoms with Crippen molar-refractivity contribution in [1.82, 2.24) is 4.90 Å². The smallest absolute Gasteiger partial charge is 0.410 e. The molecule has 0 radical (unpaired) electrons. The molecular weight excluding hydrogens is 246 g/mol. The zero-order chi connectivity index (χ0) is 14.5. The molecular formula is C14H25NO4. The maximum absolute atomic E-state index is 12.0. The Morgan fingerprint density at radius 2 is 2.11 bits per heavy atom. The summed E-state index contributed by atoms with van der Waals surface area (Å²) in [4.78, 5) is 13.7. The van der Waals surface area contributed by atoms with Gasteiger partial charge in [-0.05, 0) is 27.2 Å². The van der Waals surface area contributed by atoms with Gasteiger partial charge in [-0.25, -0.2) is 4.79 Å². The number of carbonyl (C=O) groups excluding carboxylic acids is 1. The van der Waals surface area contributed by atoms with E-state index in [1.165, 1.54) is 0 Å². The molecule has 0 aromatic carbocycles. The van der Waals surface area contributed by atoms with Crippen LogP contribution in [0.4, 0.5) is 4.79 Å². The standard InChI is InChI=1S/C14H25NO4/c1-6-9-18-12-10-15(8-7-11(12)17-5)13(16)19-14(2,3)4/h6,11-12H,1,7-10H2,2-5H3/t11-,12+/m0/s1. The summed E-state index contributed by atoms with van der Waals surface area (Å²) in [5.41, 5.74) is -0.480. The summed E-state index contributed by atoms with van der Waals surface area (Å²) in [7, 11) is 1.66. The van der Waals surface area contributed by atoms with Crippen molar-refractivity contribution in [3.8, 4) is 0 Å². The van der Waals surface area contributed by atoms with Crippen molar-refractivity contribution in [3.05, 3.63) is 12.7 Å². The first-order valence-corrected chi connectivity index (χ1v) is 6.60. The van der Waals surface area contributed by atoms with E-state index >= 15 is 0 Å². The van der Waals surface area contributed by atoms with Crippen LogP contribution in [-0.2, 0) is 14.2 Å². The van der Waals surface area contributed by atoms with E-state index in [4.69, 9.17) is 14.2 Å². The number of piperidine rings is 1. The number of rotatable bonds is 4. The van der Waals surface area contributed by atoms with Gasteiger partial charge in [-0.15, -0.1) is 6.58 Å². The molecule has 0 bridgehead atoms. The van der Waals surface area contributed by atoms with Crippen LogP contribution in [0.5, 0.6) is 0 Å². The van der Waals surface area contributed by atoms with Crippen molar-refractivity contribution in [2.24, 2.45) is 0 Å². The van der Waals surface area contributed by atoms with Gasteiger partial charge in [-0.3, -0.25) is 0 Å². The van der Waals surface area contributed by atoms with Gasteiger partial charge in [0.05, 0.1) is 19.3 Å². The van der Waals surface area contributed by atoms with Gasteiger partial charge in [0.15, 0.2) is 0 Å². The van der Waals surface area contributed by atoms with Crippen molar-refractivity contribution in [3.63, 3.8) is 0 Å². The fraction of sp³-hybridized carbons (Fsp3) is 0.786. The van der Waals surface area contributed by atoms with Crippen LogP contribution in [0.15, 0.2) is 12.7 Å². The Kier molecular flexibility index (Phi) is 5.82. The lowest BCUT2D eigenvalue weighted by Gasteiger charge is -2.37. The van der Waals surface area contributed by atoms with Crippen LogP contribution in [0.1, 0.15) is 27.2 Å². The van der Waals surface area contributed by atoms with Gasteiger partial charge in [0.2, 0.25) is 0 Å². The fourth-order valence-electron chi connectivity index (χ4n) is 2.01. The minimum absolute atomic E-state index is 0.0126. The third-order valence-corrected chi connectivity index (χ3v) is 2.88. The van der Waals surface area contributed by atoms with Crippen molar-refractivity contribution in [2.45, 2.75) is 45.0 Å². The van der Waals surface area contributed by atoms with Crippen LogP contribution in [0, 0.1) is 0 Å². The van der Waals surface area contributed by atoms with Crippen molar-refractivity contribution >= 4 is 6.09 Å². The molecule has 1 amide bonds. The lowest BCUT2D eigenvalue weighted by Crippen LogP contribution is -2.51. The Bertz CT molecular complexity index is 311. The van der Waals surface area contributed by atoms with E-state index in [-0.39, 0.29) is 18.3 Å². The Balaban J connectivity index is 2.58. The van der Waals surface area contributed by atoms with Gasteiger partial charge in [0.25, 0.3) is 0 Å². The van der Waals surface area contributed by atoms with E-state index in [1.807, 2.05) is 20.8 Å². The summed E-state index contributed by atoms with van der Waals surface area (Å²) < 4.78 is 16.4. The molecule has 110 valence electrons. The molecule has 1 heterocycles. The Labute approximate surface area is 115 Å². The van der Waals surface area contributed by atoms with E-state index in [9.17, 15) is 4.79 Å². The van der Waals surface area contributed by atoms with Gasteiger partial charge in [-0.2, -0.15) is 0 Å². The predicted octanol–water partition coefficient (Wildman–Crippen LogP) is 2.21. The highest BCUT2D eigenvalue weighted by Gasteiger charge is 2.34. The summed E-state index contributed by atoms with van der Waals surface area (Å²) in [6, 6.07) is 0. The van der Waals surface area contributed by atoms with Gasteiger partial charge in [-0.1, -0.05) is 6.08 Å². The largest absolute Gasteiger partial charge is 0.444 e. The lowest BCUT2D eigenvalue weighted by molar-refractivity contribution is -0.0889. The summed E-state index contributed by atoms with van der Waals surface area (Å²) in [5, 5.41) is 0. The van der Waals surface area contributed by atoms with Crippen molar-refractivity contribution in [1.29, 1.82) is 0 Å². The third-order valence-electron chi connectivity index (χ3n) is 2.88. The molecule has 1 fully saturated rings. The monoisotopic (exact) mass is 271 g/mol. The predicted molar refractivity (Wildman–Crippen MR) is 73.2 cm³/mol. The van der Waals surface area contributed by atoms with E-state index in [2.05, 4.69) is 6.58 Å². The third kappa shape index (κ3) is 5.20. The van der Waals surface area contributed by atoms with Crippen LogP contribution < -0.4 is 0 Å². The number of methoxy groups -OCH3 is 1. The summed E-state index contributed by atoms with van der Waals surface area (Å²) in [6.45, 7) is 10.8. The number of nitrogens with zero attached hydrogens (tertiary/aromatic N) is 1. The molecule has 0 aliphatic carbocycles. The highest BCUT2D eigenvalue weighted by Crippen LogP contribution is 2.19. The minimum Gasteiger partial charge on any atom is -0.444 e. The first-order valence-electron chi connectivity index (χ1n) is 6.60. The number of hydrogen-bond donors (Lipinski definition) is 0. The van der Waals surface area contributed by atoms with Crippen LogP contribution in [-0.4, -0.2) is 55.6 Å². The zero-order valence-electron chi connectivity index (χ0n) is 12.3. The minimum atomic E-state index is -0.480. The molecule has 1 saturated heterocycles. The van der Waals surface area contributed by atoms with E-state index in [0.29, 0.717) is 19.7 Å². The van der Waals surface area contributed by atoms with E-state index in [0.717, 1.165) is 6.42 Å². The molecule has 0 saturated carbocycles. The maximum Gasteiger partial charge on any atom is 0.410 e. The molecule has 5 nitrogen and oxygen atoms in total. The van der Waals surface area contributed by atoms with Gasteiger partial charge < -0.3 is 19.1 Å². The molecule has 5 heteroatoms. The van der Waals surface area contributed by atoms with Gasteiger partial charge >= 0.3 is 6.09 Å². The molecule has 0 N–H and O–H groups in total. The number of carbonyl (C=O) groups is 1. The first-order chi connectivity index (χ1) is 8.87. The molecule has 2 atom stereocenters. The number of ether oxygens (including phenoxy) is 3. The Morgan fingerprint density at radius 1 is 1.42 bits per heavy atom. The van der Waals surface area contributed by atoms with Crippen LogP contribution >= 0.6 is 0 Å². The Morgan fingerprint density at radius 3 is 2.63 bits per heavy atom. The molecule has 19 heavy (non-hydrogen) atoms. The number of hydrogen-bond acceptors (Lipinski definition) is 4. The number of amides is 1. The lowest BCUT2D eigenvalue weighted by atomic mass is 10.1. The highest BCUT2D eigenvalue weighted by molar-refractivity contribution is 5.68. The average molecular weight is 271 g/mol. The molecule has 0 aromatic rings. The second-order valence-electron chi connectivity index (χ2n) is 5.65. The highest BCUT2D eigenvalue weighted by atomic mass is 16.6. The molecule has 1 aliphatic rings. The first kappa shape index (κ1) is 16.0. The van der Waals surface area contributed by atoms with Crippen LogP contribution in [0.25, 0.3) is 0 Å². The van der Waals surface area contributed by atoms with E-state index < -0.39 is 5.60 Å². The quantitative estimate of drug-likeness (QED) is 0.736. The summed E-state index contributed by atoms with van der Waals surface area (Å²) in [6.07, 6.45) is 2.02. The maximum atomic E-state index is 12.0. The summed E-state index contributed by atoms with van der Waals surface area (Å²) in [5.74, 6) is 0. The summed E-state index contributed by atoms with van der Waals surface area (Å²) >= 11 is 0. The topological polar surface area (TPSA) is 48.0 Å². The van der Waals surface area contributed by atoms with E-state index in [1.54, 1.807) is 18.1 Å². The molecule has 1 aliphatic heterocycles. The Hall–Kier alpha value is -1.07. The van der Waals surface area contributed by atoms with Crippen LogP contribution in [0.3, 0.4) is 0 Å². The van der Waals surface area contributed by atoms with Gasteiger partial charge in [0.1, 0.15) is 11.7 Å². The molecule has 0 aromatic heterocycles. The molecule has 0 spiro atoms. The second kappa shape index (κ2) is 6.91.